The first-order chi connectivity index (χ1) is 15.3. The molecule has 1 N–H and O–H groups in total. The van der Waals surface area contributed by atoms with Crippen LogP contribution in [0.25, 0.3) is 11.1 Å². The van der Waals surface area contributed by atoms with Gasteiger partial charge in [-0.25, -0.2) is 8.78 Å². The fourth-order valence-corrected chi connectivity index (χ4v) is 4.57. The van der Waals surface area contributed by atoms with Crippen molar-refractivity contribution < 1.29 is 23.2 Å². The zero-order chi connectivity index (χ0) is 22.8. The molecule has 0 saturated carbocycles. The Morgan fingerprint density at radius 2 is 1.81 bits per heavy atom. The predicted octanol–water partition coefficient (Wildman–Crippen LogP) is 3.44. The van der Waals surface area contributed by atoms with Gasteiger partial charge < -0.3 is 4.90 Å². The van der Waals surface area contributed by atoms with Gasteiger partial charge in [-0.05, 0) is 29.7 Å². The number of amides is 3. The first-order valence-electron chi connectivity index (χ1n) is 10.4. The number of rotatable bonds is 5. The fraction of sp³-hybridized carbons (Fsp3) is 0.348. The van der Waals surface area contributed by atoms with Crippen molar-refractivity contribution in [3.8, 4) is 11.1 Å². The topological polar surface area (TPSA) is 69.7 Å². The Hall–Kier alpha value is -2.84. The number of imide groups is 1. The number of piperazine rings is 1. The summed E-state index contributed by atoms with van der Waals surface area (Å²) in [6, 6.07) is 12.7. The second-order valence-electron chi connectivity index (χ2n) is 7.93. The Kier molecular flexibility index (Phi) is 6.53. The zero-order valence-corrected chi connectivity index (χ0v) is 17.9. The summed E-state index contributed by atoms with van der Waals surface area (Å²) in [5.41, 5.74) is 2.92. The van der Waals surface area contributed by atoms with E-state index in [0.717, 1.165) is 11.1 Å². The lowest BCUT2D eigenvalue weighted by Crippen LogP contribution is -2.51. The fourth-order valence-electron chi connectivity index (χ4n) is 4.20. The second kappa shape index (κ2) is 9.34. The van der Waals surface area contributed by atoms with Crippen molar-refractivity contribution >= 4 is 35.0 Å². The van der Waals surface area contributed by atoms with Gasteiger partial charge in [0.25, 0.3) is 6.43 Å². The molecule has 2 aliphatic heterocycles. The number of alkyl halides is 2. The maximum absolute atomic E-state index is 12.6. The number of carbonyl (C=O) groups excluding carboxylic acids is 3. The van der Waals surface area contributed by atoms with Crippen molar-refractivity contribution in [3.63, 3.8) is 0 Å². The molecule has 2 aliphatic rings. The van der Waals surface area contributed by atoms with Crippen LogP contribution in [0.2, 0.25) is 5.02 Å². The van der Waals surface area contributed by atoms with Crippen LogP contribution in [0.4, 0.5) is 14.5 Å². The molecule has 3 amide bonds. The number of anilines is 1. The van der Waals surface area contributed by atoms with Crippen LogP contribution in [0.15, 0.2) is 42.5 Å². The van der Waals surface area contributed by atoms with Crippen LogP contribution in [-0.2, 0) is 14.4 Å². The predicted molar refractivity (Wildman–Crippen MR) is 117 cm³/mol. The summed E-state index contributed by atoms with van der Waals surface area (Å²) in [6.07, 6.45) is -1.79. The summed E-state index contributed by atoms with van der Waals surface area (Å²) in [7, 11) is 0. The minimum absolute atomic E-state index is 0.0358. The van der Waals surface area contributed by atoms with Crippen LogP contribution in [0.5, 0.6) is 0 Å². The highest BCUT2D eigenvalue weighted by molar-refractivity contribution is 6.34. The maximum atomic E-state index is 12.6. The molecular weight excluding hydrogens is 440 g/mol. The van der Waals surface area contributed by atoms with E-state index >= 15 is 0 Å². The number of hydrogen-bond acceptors (Lipinski definition) is 4. The van der Waals surface area contributed by atoms with Crippen LogP contribution in [0.3, 0.4) is 0 Å². The quantitative estimate of drug-likeness (QED) is 0.692. The van der Waals surface area contributed by atoms with Gasteiger partial charge >= 0.3 is 0 Å². The maximum Gasteiger partial charge on any atom is 0.251 e. The lowest BCUT2D eigenvalue weighted by Gasteiger charge is -2.34. The lowest BCUT2D eigenvalue weighted by molar-refractivity contribution is -0.134. The molecule has 2 fully saturated rings. The molecule has 1 atom stereocenters. The van der Waals surface area contributed by atoms with Gasteiger partial charge in [0.2, 0.25) is 17.7 Å². The normalized spacial score (nSPS) is 20.1. The largest absolute Gasteiger partial charge is 0.310 e. The van der Waals surface area contributed by atoms with Crippen molar-refractivity contribution in [3.05, 3.63) is 53.1 Å². The van der Waals surface area contributed by atoms with Gasteiger partial charge in [0, 0.05) is 30.8 Å². The molecule has 2 aromatic carbocycles. The number of nitrogens with zero attached hydrogens (tertiary/aromatic N) is 2. The van der Waals surface area contributed by atoms with Crippen LogP contribution in [-0.4, -0.2) is 55.2 Å². The van der Waals surface area contributed by atoms with Crippen LogP contribution in [0.1, 0.15) is 24.3 Å². The number of benzene rings is 2. The van der Waals surface area contributed by atoms with Crippen molar-refractivity contribution in [2.75, 3.05) is 31.1 Å². The Morgan fingerprint density at radius 1 is 1.06 bits per heavy atom. The van der Waals surface area contributed by atoms with Crippen LogP contribution < -0.4 is 10.2 Å². The molecule has 2 heterocycles. The Morgan fingerprint density at radius 3 is 2.47 bits per heavy atom. The molecule has 6 nitrogen and oxygen atoms in total. The van der Waals surface area contributed by atoms with E-state index in [2.05, 4.69) is 5.32 Å². The third-order valence-corrected chi connectivity index (χ3v) is 6.25. The van der Waals surface area contributed by atoms with Crippen molar-refractivity contribution in [1.82, 2.24) is 10.2 Å². The summed E-state index contributed by atoms with van der Waals surface area (Å²) in [6.45, 7) is 0.292. The number of nitrogens with one attached hydrogen (secondary N) is 1. The van der Waals surface area contributed by atoms with Gasteiger partial charge in [-0.1, -0.05) is 41.9 Å². The van der Waals surface area contributed by atoms with Gasteiger partial charge in [0.1, 0.15) is 0 Å². The molecule has 0 aliphatic carbocycles. The highest BCUT2D eigenvalue weighted by Crippen LogP contribution is 2.37. The molecule has 0 bridgehead atoms. The van der Waals surface area contributed by atoms with Gasteiger partial charge in [-0.15, -0.1) is 0 Å². The molecule has 4 rings (SSSR count). The molecular formula is C23H22ClF2N3O3. The minimum atomic E-state index is -2.46. The lowest BCUT2D eigenvalue weighted by atomic mass is 9.88. The Bertz CT molecular complexity index is 1050. The van der Waals surface area contributed by atoms with E-state index in [1.165, 1.54) is 4.90 Å². The van der Waals surface area contributed by atoms with E-state index in [-0.39, 0.29) is 30.7 Å². The zero-order valence-electron chi connectivity index (χ0n) is 17.2. The second-order valence-corrected chi connectivity index (χ2v) is 8.31. The first kappa shape index (κ1) is 22.4. The van der Waals surface area contributed by atoms with E-state index in [4.69, 9.17) is 11.6 Å². The molecule has 0 spiro atoms. The smallest absolute Gasteiger partial charge is 0.251 e. The standard InChI is InChI=1S/C23H22ClF2N3O3/c24-22-16(2-1-3-17(22)18-8-9-20(30)27-23(18)32)14-4-6-15(7-5-14)29-11-10-28(12-19(25)26)13-21(29)31/h1-7,18-19H,8-13H2,(H,27,30,32). The van der Waals surface area contributed by atoms with Gasteiger partial charge in [0.05, 0.1) is 24.0 Å². The van der Waals surface area contributed by atoms with E-state index in [9.17, 15) is 23.2 Å². The van der Waals surface area contributed by atoms with E-state index in [1.807, 2.05) is 24.3 Å². The van der Waals surface area contributed by atoms with Crippen molar-refractivity contribution in [2.45, 2.75) is 25.2 Å². The van der Waals surface area contributed by atoms with E-state index < -0.39 is 18.9 Å². The molecule has 2 saturated heterocycles. The summed E-state index contributed by atoms with van der Waals surface area (Å²) in [4.78, 5) is 39.2. The molecule has 0 radical (unpaired) electrons. The van der Waals surface area contributed by atoms with Crippen LogP contribution in [0, 0.1) is 0 Å². The molecule has 168 valence electrons. The molecule has 9 heteroatoms. The third-order valence-electron chi connectivity index (χ3n) is 5.83. The molecule has 1 unspecified atom stereocenters. The van der Waals surface area contributed by atoms with Gasteiger partial charge in [0.15, 0.2) is 0 Å². The molecule has 2 aromatic rings. The van der Waals surface area contributed by atoms with Crippen molar-refractivity contribution in [1.29, 1.82) is 0 Å². The number of hydrogen-bond donors (Lipinski definition) is 1. The monoisotopic (exact) mass is 461 g/mol. The van der Waals surface area contributed by atoms with Gasteiger partial charge in [-0.2, -0.15) is 0 Å². The molecule has 0 aromatic heterocycles. The van der Waals surface area contributed by atoms with Crippen LogP contribution >= 0.6 is 11.6 Å². The average Bonchev–Trinajstić information content (AvgIpc) is 2.74. The Labute approximate surface area is 189 Å². The third kappa shape index (κ3) is 4.66. The number of piperidine rings is 1. The molecule has 32 heavy (non-hydrogen) atoms. The highest BCUT2D eigenvalue weighted by Gasteiger charge is 2.30. The number of halogens is 3. The SMILES string of the molecule is O=C1CCC(c2cccc(-c3ccc(N4CCN(CC(F)F)CC4=O)cc3)c2Cl)C(=O)N1. The number of carbonyl (C=O) groups is 3. The average molecular weight is 462 g/mol. The van der Waals surface area contributed by atoms with Crippen molar-refractivity contribution in [2.24, 2.45) is 0 Å². The minimum Gasteiger partial charge on any atom is -0.310 e. The van der Waals surface area contributed by atoms with E-state index in [1.54, 1.807) is 23.1 Å². The van der Waals surface area contributed by atoms with Gasteiger partial charge in [-0.3, -0.25) is 24.6 Å². The summed E-state index contributed by atoms with van der Waals surface area (Å²) in [5, 5.41) is 2.81. The summed E-state index contributed by atoms with van der Waals surface area (Å²) >= 11 is 6.65. The first-order valence-corrected chi connectivity index (χ1v) is 10.7. The highest BCUT2D eigenvalue weighted by atomic mass is 35.5. The summed E-state index contributed by atoms with van der Waals surface area (Å²) in [5.74, 6) is -1.33. The summed E-state index contributed by atoms with van der Waals surface area (Å²) < 4.78 is 25.2. The van der Waals surface area contributed by atoms with E-state index in [0.29, 0.717) is 35.8 Å². The Balaban J connectivity index is 1.52.